The summed E-state index contributed by atoms with van der Waals surface area (Å²) in [4.78, 5) is 11.8. The molecule has 0 aliphatic heterocycles. The molecule has 0 aliphatic carbocycles. The minimum absolute atomic E-state index is 0.152. The molecule has 0 aliphatic rings. The summed E-state index contributed by atoms with van der Waals surface area (Å²) in [6.45, 7) is 4.08. The van der Waals surface area contributed by atoms with Crippen LogP contribution in [0.25, 0.3) is 0 Å². The third kappa shape index (κ3) is 3.37. The maximum atomic E-state index is 12.5. The highest BCUT2D eigenvalue weighted by Gasteiger charge is 2.24. The number of benzene rings is 1. The van der Waals surface area contributed by atoms with E-state index in [2.05, 4.69) is 4.74 Å². The van der Waals surface area contributed by atoms with Crippen molar-refractivity contribution in [2.75, 3.05) is 20.7 Å². The molecule has 1 aromatic carbocycles. The highest BCUT2D eigenvalue weighted by Crippen LogP contribution is 2.22. The van der Waals surface area contributed by atoms with E-state index >= 15 is 0 Å². The number of carbonyl (C=O) groups excluding carboxylic acids is 1. The number of carbonyl (C=O) groups is 1. The molecule has 0 unspecified atom stereocenters. The van der Waals surface area contributed by atoms with Gasteiger partial charge in [0.05, 0.1) is 17.6 Å². The van der Waals surface area contributed by atoms with Crippen LogP contribution in [0.3, 0.4) is 0 Å². The van der Waals surface area contributed by atoms with Crippen molar-refractivity contribution < 1.29 is 17.9 Å². The molecule has 6 heteroatoms. The summed E-state index contributed by atoms with van der Waals surface area (Å²) in [5.41, 5.74) is 0.695. The predicted molar refractivity (Wildman–Crippen MR) is 77.2 cm³/mol. The van der Waals surface area contributed by atoms with Crippen LogP contribution in [0, 0.1) is 6.92 Å². The molecule has 0 saturated heterocycles. The Morgan fingerprint density at radius 1 is 1.35 bits per heavy atom. The third-order valence-corrected chi connectivity index (χ3v) is 5.21. The average molecular weight is 299 g/mol. The Balaban J connectivity index is 3.23. The Morgan fingerprint density at radius 3 is 2.55 bits per heavy atom. The van der Waals surface area contributed by atoms with Crippen LogP contribution in [0.5, 0.6) is 0 Å². The van der Waals surface area contributed by atoms with Gasteiger partial charge in [-0.1, -0.05) is 19.4 Å². The third-order valence-electron chi connectivity index (χ3n) is 3.20. The highest BCUT2D eigenvalue weighted by atomic mass is 32.2. The Hall–Kier alpha value is -1.40. The standard InChI is InChI=1S/C14H21NO4S/c1-5-6-10-15(3)20(17,18)13-9-7-8-12(11(13)2)14(16)19-4/h7-9H,5-6,10H2,1-4H3. The second kappa shape index (κ2) is 6.85. The normalized spacial score (nSPS) is 11.7. The fourth-order valence-electron chi connectivity index (χ4n) is 1.89. The van der Waals surface area contributed by atoms with Crippen molar-refractivity contribution >= 4 is 16.0 Å². The molecular weight excluding hydrogens is 278 g/mol. The fraction of sp³-hybridized carbons (Fsp3) is 0.500. The van der Waals surface area contributed by atoms with Crippen LogP contribution >= 0.6 is 0 Å². The largest absolute Gasteiger partial charge is 0.465 e. The molecule has 0 amide bonds. The molecule has 0 atom stereocenters. The van der Waals surface area contributed by atoms with Crippen molar-refractivity contribution in [3.8, 4) is 0 Å². The van der Waals surface area contributed by atoms with Gasteiger partial charge in [-0.3, -0.25) is 0 Å². The molecule has 0 N–H and O–H groups in total. The van der Waals surface area contributed by atoms with Crippen molar-refractivity contribution in [1.82, 2.24) is 4.31 Å². The van der Waals surface area contributed by atoms with Gasteiger partial charge in [0.15, 0.2) is 0 Å². The Labute approximate surface area is 120 Å². The van der Waals surface area contributed by atoms with Gasteiger partial charge in [-0.25, -0.2) is 17.5 Å². The van der Waals surface area contributed by atoms with Gasteiger partial charge in [-0.2, -0.15) is 0 Å². The molecule has 0 heterocycles. The van der Waals surface area contributed by atoms with Crippen molar-refractivity contribution in [1.29, 1.82) is 0 Å². The zero-order valence-corrected chi connectivity index (χ0v) is 13.2. The second-order valence-electron chi connectivity index (χ2n) is 4.60. The SMILES string of the molecule is CCCCN(C)S(=O)(=O)c1cccc(C(=O)OC)c1C. The van der Waals surface area contributed by atoms with Gasteiger partial charge in [-0.05, 0) is 31.0 Å². The number of esters is 1. The van der Waals surface area contributed by atoms with Gasteiger partial charge in [0.25, 0.3) is 0 Å². The van der Waals surface area contributed by atoms with Gasteiger partial charge >= 0.3 is 5.97 Å². The van der Waals surface area contributed by atoms with E-state index in [0.29, 0.717) is 12.1 Å². The van der Waals surface area contributed by atoms with Crippen LogP contribution in [0.4, 0.5) is 0 Å². The first-order chi connectivity index (χ1) is 9.36. The maximum absolute atomic E-state index is 12.5. The Kier molecular flexibility index (Phi) is 5.71. The van der Waals surface area contributed by atoms with E-state index in [4.69, 9.17) is 0 Å². The lowest BCUT2D eigenvalue weighted by Crippen LogP contribution is -2.28. The average Bonchev–Trinajstić information content (AvgIpc) is 2.43. The van der Waals surface area contributed by atoms with Crippen molar-refractivity contribution in [3.63, 3.8) is 0 Å². The number of rotatable bonds is 6. The number of hydrogen-bond donors (Lipinski definition) is 0. The molecule has 0 fully saturated rings. The van der Waals surface area contributed by atoms with E-state index < -0.39 is 16.0 Å². The zero-order valence-electron chi connectivity index (χ0n) is 12.3. The summed E-state index contributed by atoms with van der Waals surface area (Å²) in [5.74, 6) is -0.532. The molecule has 0 bridgehead atoms. The summed E-state index contributed by atoms with van der Waals surface area (Å²) >= 11 is 0. The van der Waals surface area contributed by atoms with Crippen molar-refractivity contribution in [2.45, 2.75) is 31.6 Å². The highest BCUT2D eigenvalue weighted by molar-refractivity contribution is 7.89. The smallest absolute Gasteiger partial charge is 0.338 e. The minimum Gasteiger partial charge on any atom is -0.465 e. The first-order valence-corrected chi connectivity index (χ1v) is 7.94. The van der Waals surface area contributed by atoms with Gasteiger partial charge in [-0.15, -0.1) is 0 Å². The lowest BCUT2D eigenvalue weighted by molar-refractivity contribution is 0.0599. The second-order valence-corrected chi connectivity index (χ2v) is 6.61. The molecular formula is C14H21NO4S. The van der Waals surface area contributed by atoms with Crippen LogP contribution < -0.4 is 0 Å². The molecule has 5 nitrogen and oxygen atoms in total. The summed E-state index contributed by atoms with van der Waals surface area (Å²) in [6, 6.07) is 4.63. The monoisotopic (exact) mass is 299 g/mol. The quantitative estimate of drug-likeness (QED) is 0.755. The van der Waals surface area contributed by atoms with Crippen LogP contribution in [0.1, 0.15) is 35.7 Å². The van der Waals surface area contributed by atoms with Gasteiger partial charge in [0.2, 0.25) is 10.0 Å². The first kappa shape index (κ1) is 16.7. The molecule has 112 valence electrons. The zero-order chi connectivity index (χ0) is 15.3. The van der Waals surface area contributed by atoms with E-state index in [1.165, 1.54) is 17.5 Å². The summed E-state index contributed by atoms with van der Waals surface area (Å²) in [6.07, 6.45) is 1.71. The number of methoxy groups -OCH3 is 1. The van der Waals surface area contributed by atoms with Crippen molar-refractivity contribution in [3.05, 3.63) is 29.3 Å². The first-order valence-electron chi connectivity index (χ1n) is 6.50. The molecule has 1 aromatic rings. The topological polar surface area (TPSA) is 63.7 Å². The predicted octanol–water partition coefficient (Wildman–Crippen LogP) is 2.20. The minimum atomic E-state index is -3.58. The van der Waals surface area contributed by atoms with Crippen LogP contribution in [-0.2, 0) is 14.8 Å². The number of nitrogens with zero attached hydrogens (tertiary/aromatic N) is 1. The van der Waals surface area contributed by atoms with E-state index in [-0.39, 0.29) is 10.5 Å². The van der Waals surface area contributed by atoms with E-state index in [1.807, 2.05) is 6.92 Å². The lowest BCUT2D eigenvalue weighted by Gasteiger charge is -2.19. The Morgan fingerprint density at radius 2 is 2.00 bits per heavy atom. The molecule has 1 rings (SSSR count). The summed E-state index contributed by atoms with van der Waals surface area (Å²) in [7, 11) is -0.756. The van der Waals surface area contributed by atoms with Crippen molar-refractivity contribution in [2.24, 2.45) is 0 Å². The number of unbranched alkanes of at least 4 members (excludes halogenated alkanes) is 1. The van der Waals surface area contributed by atoms with E-state index in [9.17, 15) is 13.2 Å². The van der Waals surface area contributed by atoms with Crippen LogP contribution in [0.2, 0.25) is 0 Å². The fourth-order valence-corrected chi connectivity index (χ4v) is 3.35. The van der Waals surface area contributed by atoms with Crippen LogP contribution in [0.15, 0.2) is 23.1 Å². The number of hydrogen-bond acceptors (Lipinski definition) is 4. The van der Waals surface area contributed by atoms with E-state index in [0.717, 1.165) is 12.8 Å². The molecule has 0 spiro atoms. The molecule has 0 aromatic heterocycles. The van der Waals surface area contributed by atoms with E-state index in [1.54, 1.807) is 26.1 Å². The summed E-state index contributed by atoms with van der Waals surface area (Å²) < 4.78 is 31.0. The summed E-state index contributed by atoms with van der Waals surface area (Å²) in [5, 5.41) is 0. The molecule has 20 heavy (non-hydrogen) atoms. The van der Waals surface area contributed by atoms with Gasteiger partial charge in [0, 0.05) is 13.6 Å². The number of ether oxygens (including phenoxy) is 1. The lowest BCUT2D eigenvalue weighted by atomic mass is 10.1. The van der Waals surface area contributed by atoms with Gasteiger partial charge < -0.3 is 4.74 Å². The Bertz CT molecular complexity index is 581. The van der Waals surface area contributed by atoms with Gasteiger partial charge in [0.1, 0.15) is 0 Å². The molecule has 0 saturated carbocycles. The maximum Gasteiger partial charge on any atom is 0.338 e. The molecule has 0 radical (unpaired) electrons. The number of sulfonamides is 1. The van der Waals surface area contributed by atoms with Crippen LogP contribution in [-0.4, -0.2) is 39.4 Å².